The molecule has 5 rings (SSSR count). The molecule has 43 heavy (non-hydrogen) atoms. The Hall–Kier alpha value is -4.58. The molecule has 0 radical (unpaired) electrons. The van der Waals surface area contributed by atoms with Gasteiger partial charge in [0.15, 0.2) is 11.4 Å². The van der Waals surface area contributed by atoms with Crippen LogP contribution in [0.1, 0.15) is 28.7 Å². The van der Waals surface area contributed by atoms with Crippen molar-refractivity contribution in [3.8, 4) is 17.7 Å². The smallest absolute Gasteiger partial charge is 0.317 e. The molecule has 228 valence electrons. The van der Waals surface area contributed by atoms with Gasteiger partial charge in [0.05, 0.1) is 30.4 Å². The molecule has 4 atom stereocenters. The fourth-order valence-corrected chi connectivity index (χ4v) is 6.77. The van der Waals surface area contributed by atoms with Gasteiger partial charge in [-0.15, -0.1) is 0 Å². The van der Waals surface area contributed by atoms with Crippen LogP contribution in [-0.4, -0.2) is 106 Å². The van der Waals surface area contributed by atoms with Crippen LogP contribution in [0.3, 0.4) is 0 Å². The van der Waals surface area contributed by atoms with Crippen molar-refractivity contribution in [2.75, 3.05) is 40.4 Å². The predicted octanol–water partition coefficient (Wildman–Crippen LogP) is -1.23. The lowest BCUT2D eigenvalue weighted by molar-refractivity contribution is -0.153. The van der Waals surface area contributed by atoms with Crippen LogP contribution in [-0.2, 0) is 32.1 Å². The van der Waals surface area contributed by atoms with E-state index in [1.165, 1.54) is 25.1 Å². The minimum absolute atomic E-state index is 0.0149. The molecule has 14 heteroatoms. The van der Waals surface area contributed by atoms with Crippen molar-refractivity contribution in [1.82, 2.24) is 15.1 Å². The molecular weight excluding hydrogens is 562 g/mol. The van der Waals surface area contributed by atoms with Crippen LogP contribution in [0.2, 0.25) is 0 Å². The number of fused-ring (bicyclic) bond motifs is 3. The Bertz CT molecular complexity index is 1560. The molecule has 1 aliphatic heterocycles. The number of hydrogen-bond donors (Lipinski definition) is 7. The van der Waals surface area contributed by atoms with E-state index < -0.39 is 63.8 Å². The van der Waals surface area contributed by atoms with Gasteiger partial charge in [-0.05, 0) is 56.0 Å². The van der Waals surface area contributed by atoms with Gasteiger partial charge in [-0.1, -0.05) is 0 Å². The Labute approximate surface area is 246 Å². The zero-order chi connectivity index (χ0) is 31.4. The second-order valence-electron chi connectivity index (χ2n) is 11.3. The Morgan fingerprint density at radius 2 is 1.88 bits per heavy atom. The lowest BCUT2D eigenvalue weighted by atomic mass is 9.57. The van der Waals surface area contributed by atoms with Gasteiger partial charge in [-0.25, -0.2) is 4.79 Å². The van der Waals surface area contributed by atoms with Crippen molar-refractivity contribution in [3.63, 3.8) is 0 Å². The molecule has 1 heterocycles. The fraction of sp³-hybridized carbons (Fsp3) is 0.448. The van der Waals surface area contributed by atoms with Gasteiger partial charge in [0.1, 0.15) is 22.8 Å². The van der Waals surface area contributed by atoms with Gasteiger partial charge in [-0.3, -0.25) is 19.3 Å². The highest BCUT2D eigenvalue weighted by Gasteiger charge is 2.64. The Morgan fingerprint density at radius 3 is 2.49 bits per heavy atom. The maximum Gasteiger partial charge on any atom is 0.317 e. The Balaban J connectivity index is 1.63. The number of hydrogen-bond acceptors (Lipinski definition) is 11. The topological polar surface area (TPSA) is 229 Å². The van der Waals surface area contributed by atoms with Gasteiger partial charge >= 0.3 is 6.03 Å². The highest BCUT2D eigenvalue weighted by molar-refractivity contribution is 6.24. The summed E-state index contributed by atoms with van der Waals surface area (Å²) >= 11 is 0. The monoisotopic (exact) mass is 595 g/mol. The van der Waals surface area contributed by atoms with Crippen molar-refractivity contribution >= 4 is 29.3 Å². The third-order valence-electron chi connectivity index (χ3n) is 8.75. The number of aromatic hydroxyl groups is 1. The number of rotatable bonds is 4. The van der Waals surface area contributed by atoms with Gasteiger partial charge in [0.25, 0.3) is 5.91 Å². The molecule has 14 nitrogen and oxygen atoms in total. The normalized spacial score (nSPS) is 26.8. The number of carbonyl (C=O) groups excluding carboxylic acids is 4. The average molecular weight is 596 g/mol. The third kappa shape index (κ3) is 4.56. The standard InChI is InChI=1S/C29H33N5O9/c1-33(2)21-17-11-14-10-16-15(12-32-28(41)34-5-7-43-8-6-34)9-13(3-4-30)22(35)19(16)23(36)18(14)25(38)29(17,42)26(39)20(24(21)37)27(31)40/h9,14,17,21,35-36,39,42H,5-8,10-12,30H2,1-2H3,(H2,31,40)(H,32,41)/t14-,17-,21+,29-/m0/s1. The molecule has 3 aliphatic carbocycles. The molecule has 0 aromatic heterocycles. The number of ketones is 2. The van der Waals surface area contributed by atoms with E-state index in [4.69, 9.17) is 16.2 Å². The Kier molecular flexibility index (Phi) is 7.59. The molecule has 1 saturated heterocycles. The van der Waals surface area contributed by atoms with Crippen molar-refractivity contribution in [1.29, 1.82) is 0 Å². The summed E-state index contributed by atoms with van der Waals surface area (Å²) in [5.74, 6) is -4.97. The van der Waals surface area contributed by atoms with Crippen LogP contribution < -0.4 is 16.8 Å². The molecule has 3 amide bonds. The number of Topliss-reactive ketones (excluding diaryl/α,β-unsaturated/α-hetero) is 2. The van der Waals surface area contributed by atoms with Crippen molar-refractivity contribution < 1.29 is 44.3 Å². The van der Waals surface area contributed by atoms with E-state index in [1.807, 2.05) is 0 Å². The number of phenols is 1. The lowest BCUT2D eigenvalue weighted by Crippen LogP contribution is -2.65. The number of ether oxygens (including phenoxy) is 1. The molecule has 0 bridgehead atoms. The summed E-state index contributed by atoms with van der Waals surface area (Å²) < 4.78 is 5.29. The van der Waals surface area contributed by atoms with E-state index in [-0.39, 0.29) is 42.1 Å². The molecule has 0 unspecified atom stereocenters. The first kappa shape index (κ1) is 29.9. The van der Waals surface area contributed by atoms with Crippen LogP contribution in [0.4, 0.5) is 4.79 Å². The molecule has 0 spiro atoms. The van der Waals surface area contributed by atoms with E-state index in [9.17, 15) is 39.6 Å². The number of carbonyl (C=O) groups is 4. The third-order valence-corrected chi connectivity index (χ3v) is 8.75. The van der Waals surface area contributed by atoms with Gasteiger partial charge in [0.2, 0.25) is 5.78 Å². The molecular formula is C29H33N5O9. The number of likely N-dealkylation sites (N-methyl/N-ethyl adjacent to an activating group) is 1. The number of morpholine rings is 1. The number of nitrogens with one attached hydrogen (secondary N) is 1. The zero-order valence-corrected chi connectivity index (χ0v) is 23.6. The quantitative estimate of drug-likeness (QED) is 0.124. The first-order valence-corrected chi connectivity index (χ1v) is 13.7. The number of amides is 3. The summed E-state index contributed by atoms with van der Waals surface area (Å²) in [6.45, 7) is 1.62. The number of aliphatic hydroxyl groups excluding tert-OH is 2. The molecule has 1 saturated carbocycles. The van der Waals surface area contributed by atoms with Gasteiger partial charge in [0, 0.05) is 37.2 Å². The fourth-order valence-electron chi connectivity index (χ4n) is 6.77. The minimum atomic E-state index is -2.75. The summed E-state index contributed by atoms with van der Waals surface area (Å²) in [4.78, 5) is 55.3. The lowest BCUT2D eigenvalue weighted by Gasteiger charge is -2.50. The first-order valence-electron chi connectivity index (χ1n) is 13.7. The van der Waals surface area contributed by atoms with Crippen LogP contribution in [0.15, 0.2) is 23.0 Å². The van der Waals surface area contributed by atoms with Crippen molar-refractivity contribution in [2.24, 2.45) is 23.3 Å². The molecule has 4 aliphatic rings. The van der Waals surface area contributed by atoms with Crippen LogP contribution in [0.5, 0.6) is 5.75 Å². The second-order valence-corrected chi connectivity index (χ2v) is 11.3. The summed E-state index contributed by atoms with van der Waals surface area (Å²) in [7, 11) is 3.06. The van der Waals surface area contributed by atoms with E-state index in [0.717, 1.165) is 0 Å². The van der Waals surface area contributed by atoms with E-state index >= 15 is 0 Å². The molecule has 1 aromatic carbocycles. The number of nitrogens with zero attached hydrogens (tertiary/aromatic N) is 2. The Morgan fingerprint density at radius 1 is 1.21 bits per heavy atom. The molecule has 1 aromatic rings. The number of phenolic OH excluding ortho intramolecular Hbond substituents is 1. The van der Waals surface area contributed by atoms with Crippen LogP contribution in [0, 0.1) is 23.8 Å². The average Bonchev–Trinajstić information content (AvgIpc) is 2.95. The maximum absolute atomic E-state index is 14.0. The number of urea groups is 1. The highest BCUT2D eigenvalue weighted by Crippen LogP contribution is 2.53. The summed E-state index contributed by atoms with van der Waals surface area (Å²) in [5.41, 5.74) is 7.66. The number of aliphatic hydroxyl groups is 3. The second kappa shape index (κ2) is 10.9. The number of benzene rings is 1. The zero-order valence-electron chi connectivity index (χ0n) is 23.6. The minimum Gasteiger partial charge on any atom is -0.508 e. The molecule has 9 N–H and O–H groups in total. The predicted molar refractivity (Wildman–Crippen MR) is 150 cm³/mol. The first-order chi connectivity index (χ1) is 20.3. The van der Waals surface area contributed by atoms with Crippen molar-refractivity contribution in [2.45, 2.75) is 31.0 Å². The summed E-state index contributed by atoms with van der Waals surface area (Å²) in [6.07, 6.45) is 0.0116. The van der Waals surface area contributed by atoms with Gasteiger partial charge < -0.3 is 46.8 Å². The summed E-state index contributed by atoms with van der Waals surface area (Å²) in [6, 6.07) is 2.20. The SMILES string of the molecule is CN(C)[C@H]1C(=O)C(C(N)=O)=C(O)[C@@]2(O)C(=O)C3=C(O)c4c(O)c(C#CN)cc(CNC(=O)N5CCOCC5)c4C[C@H]3C[C@@H]12. The number of primary amides is 1. The summed E-state index contributed by atoms with van der Waals surface area (Å²) in [5, 5.41) is 48.2. The van der Waals surface area contributed by atoms with Gasteiger partial charge in [-0.2, -0.15) is 0 Å². The molecule has 2 fully saturated rings. The highest BCUT2D eigenvalue weighted by atomic mass is 16.5. The maximum atomic E-state index is 14.0. The number of nitrogens with two attached hydrogens (primary N) is 2. The van der Waals surface area contributed by atoms with Crippen molar-refractivity contribution in [3.05, 3.63) is 45.2 Å². The van der Waals surface area contributed by atoms with E-state index in [1.54, 1.807) is 4.90 Å². The van der Waals surface area contributed by atoms with E-state index in [0.29, 0.717) is 37.4 Å². The van der Waals surface area contributed by atoms with Crippen LogP contribution in [0.25, 0.3) is 5.76 Å². The largest absolute Gasteiger partial charge is 0.508 e. The van der Waals surface area contributed by atoms with E-state index in [2.05, 4.69) is 17.3 Å². The van der Waals surface area contributed by atoms with Crippen LogP contribution >= 0.6 is 0 Å².